The van der Waals surface area contributed by atoms with Crippen LogP contribution in [0.2, 0.25) is 0 Å². The van der Waals surface area contributed by atoms with Gasteiger partial charge in [0.05, 0.1) is 28.4 Å². The first-order valence-electron chi connectivity index (χ1n) is 7.34. The van der Waals surface area contributed by atoms with Gasteiger partial charge in [-0.05, 0) is 31.0 Å². The highest BCUT2D eigenvalue weighted by Crippen LogP contribution is 2.43. The van der Waals surface area contributed by atoms with Crippen LogP contribution in [0.5, 0.6) is 0 Å². The number of nitrogens with zero attached hydrogens (tertiary/aromatic N) is 2. The number of amides is 2. The Kier molecular flexibility index (Phi) is 3.27. The first kappa shape index (κ1) is 13.0. The van der Waals surface area contributed by atoms with E-state index in [9.17, 15) is 4.79 Å². The average Bonchev–Trinajstić information content (AvgIpc) is 3.28. The van der Waals surface area contributed by atoms with Gasteiger partial charge in [-0.1, -0.05) is 0 Å². The number of carbonyl (C=O) groups is 1. The summed E-state index contributed by atoms with van der Waals surface area (Å²) >= 11 is 1.75. The van der Waals surface area contributed by atoms with E-state index in [4.69, 9.17) is 4.74 Å². The summed E-state index contributed by atoms with van der Waals surface area (Å²) in [7, 11) is 0. The molecule has 0 spiro atoms. The Labute approximate surface area is 126 Å². The standard InChI is InChI=1S/C15H17N3O2S/c19-15(18-5-7-20-8-6-18)16-11-3-4-12-13(9-11)21-14(17-12)10-1-2-10/h3-4,9-10H,1-2,5-8H2,(H,16,19). The van der Waals surface area contributed by atoms with E-state index >= 15 is 0 Å². The third-order valence-electron chi connectivity index (χ3n) is 3.88. The molecule has 1 aliphatic carbocycles. The highest BCUT2D eigenvalue weighted by molar-refractivity contribution is 7.18. The lowest BCUT2D eigenvalue weighted by Gasteiger charge is -2.26. The van der Waals surface area contributed by atoms with Gasteiger partial charge < -0.3 is 15.0 Å². The molecule has 2 aromatic rings. The molecule has 110 valence electrons. The molecule has 0 radical (unpaired) electrons. The van der Waals surface area contributed by atoms with E-state index in [0.717, 1.165) is 15.9 Å². The number of anilines is 1. The average molecular weight is 303 g/mol. The number of nitrogens with one attached hydrogen (secondary N) is 1. The van der Waals surface area contributed by atoms with Gasteiger partial charge in [-0.15, -0.1) is 11.3 Å². The van der Waals surface area contributed by atoms with Crippen LogP contribution in [0.1, 0.15) is 23.8 Å². The Morgan fingerprint density at radius 2 is 2.14 bits per heavy atom. The van der Waals surface area contributed by atoms with E-state index in [1.807, 2.05) is 18.2 Å². The number of benzene rings is 1. The van der Waals surface area contributed by atoms with E-state index in [1.54, 1.807) is 16.2 Å². The van der Waals surface area contributed by atoms with Crippen molar-refractivity contribution >= 4 is 33.3 Å². The van der Waals surface area contributed by atoms with Gasteiger partial charge in [0.15, 0.2) is 0 Å². The quantitative estimate of drug-likeness (QED) is 0.927. The van der Waals surface area contributed by atoms with Crippen LogP contribution in [0.25, 0.3) is 10.2 Å². The van der Waals surface area contributed by atoms with Crippen LogP contribution in [-0.2, 0) is 4.74 Å². The van der Waals surface area contributed by atoms with Crippen LogP contribution in [0, 0.1) is 0 Å². The van der Waals surface area contributed by atoms with Crippen molar-refractivity contribution in [1.29, 1.82) is 0 Å². The molecule has 1 saturated carbocycles. The smallest absolute Gasteiger partial charge is 0.322 e. The van der Waals surface area contributed by atoms with Gasteiger partial charge in [-0.25, -0.2) is 9.78 Å². The minimum absolute atomic E-state index is 0.0513. The molecule has 1 aliphatic heterocycles. The van der Waals surface area contributed by atoms with E-state index in [0.29, 0.717) is 32.2 Å². The maximum absolute atomic E-state index is 12.2. The molecule has 6 heteroatoms. The molecule has 1 saturated heterocycles. The molecule has 1 aromatic heterocycles. The van der Waals surface area contributed by atoms with Gasteiger partial charge >= 0.3 is 6.03 Å². The van der Waals surface area contributed by atoms with Crippen molar-refractivity contribution in [2.75, 3.05) is 31.6 Å². The normalized spacial score (nSPS) is 19.0. The van der Waals surface area contributed by atoms with Crippen LogP contribution in [-0.4, -0.2) is 42.2 Å². The molecule has 5 nitrogen and oxygen atoms in total. The zero-order valence-corrected chi connectivity index (χ0v) is 12.5. The number of carbonyl (C=O) groups excluding carboxylic acids is 1. The van der Waals surface area contributed by atoms with Crippen molar-refractivity contribution in [1.82, 2.24) is 9.88 Å². The molecule has 1 N–H and O–H groups in total. The second kappa shape index (κ2) is 5.27. The van der Waals surface area contributed by atoms with Crippen LogP contribution < -0.4 is 5.32 Å². The second-order valence-electron chi connectivity index (χ2n) is 5.54. The largest absolute Gasteiger partial charge is 0.378 e. The SMILES string of the molecule is O=C(Nc1ccc2nc(C3CC3)sc2c1)N1CCOCC1. The molecule has 4 rings (SSSR count). The number of hydrogen-bond acceptors (Lipinski definition) is 4. The summed E-state index contributed by atoms with van der Waals surface area (Å²) in [5.41, 5.74) is 1.87. The Balaban J connectivity index is 1.51. The number of rotatable bonds is 2. The molecule has 1 aromatic carbocycles. The van der Waals surface area contributed by atoms with Crippen molar-refractivity contribution in [3.8, 4) is 0 Å². The van der Waals surface area contributed by atoms with Gasteiger partial charge in [0.2, 0.25) is 0 Å². The van der Waals surface area contributed by atoms with Gasteiger partial charge in [-0.3, -0.25) is 0 Å². The number of fused-ring (bicyclic) bond motifs is 1. The molecule has 0 atom stereocenters. The fraction of sp³-hybridized carbons (Fsp3) is 0.467. The molecule has 2 amide bonds. The predicted octanol–water partition coefficient (Wildman–Crippen LogP) is 3.04. The molecule has 2 heterocycles. The minimum Gasteiger partial charge on any atom is -0.378 e. The Morgan fingerprint density at radius 1 is 1.33 bits per heavy atom. The van der Waals surface area contributed by atoms with Crippen LogP contribution in [0.3, 0.4) is 0 Å². The van der Waals surface area contributed by atoms with Crippen LogP contribution in [0.4, 0.5) is 10.5 Å². The lowest BCUT2D eigenvalue weighted by Crippen LogP contribution is -2.43. The Bertz CT molecular complexity index is 675. The van der Waals surface area contributed by atoms with Crippen molar-refractivity contribution in [2.45, 2.75) is 18.8 Å². The number of thiazole rings is 1. The molecular weight excluding hydrogens is 286 g/mol. The summed E-state index contributed by atoms with van der Waals surface area (Å²) in [5, 5.41) is 4.21. The zero-order valence-electron chi connectivity index (χ0n) is 11.7. The van der Waals surface area contributed by atoms with Crippen molar-refractivity contribution in [2.24, 2.45) is 0 Å². The second-order valence-corrected chi connectivity index (χ2v) is 6.60. The lowest BCUT2D eigenvalue weighted by atomic mass is 10.3. The fourth-order valence-electron chi connectivity index (χ4n) is 2.49. The van der Waals surface area contributed by atoms with E-state index in [1.165, 1.54) is 17.8 Å². The summed E-state index contributed by atoms with van der Waals surface area (Å²) in [6.07, 6.45) is 2.53. The van der Waals surface area contributed by atoms with Crippen molar-refractivity contribution in [3.05, 3.63) is 23.2 Å². The summed E-state index contributed by atoms with van der Waals surface area (Å²) in [5.74, 6) is 0.675. The maximum Gasteiger partial charge on any atom is 0.322 e. The molecule has 21 heavy (non-hydrogen) atoms. The summed E-state index contributed by atoms with van der Waals surface area (Å²) < 4.78 is 6.41. The zero-order chi connectivity index (χ0) is 14.2. The molecule has 0 bridgehead atoms. The third kappa shape index (κ3) is 2.73. The number of hydrogen-bond donors (Lipinski definition) is 1. The lowest BCUT2D eigenvalue weighted by molar-refractivity contribution is 0.0564. The van der Waals surface area contributed by atoms with Gasteiger partial charge in [0, 0.05) is 24.7 Å². The first-order valence-corrected chi connectivity index (χ1v) is 8.15. The minimum atomic E-state index is -0.0513. The van der Waals surface area contributed by atoms with E-state index < -0.39 is 0 Å². The van der Waals surface area contributed by atoms with Crippen molar-refractivity contribution in [3.63, 3.8) is 0 Å². The first-order chi connectivity index (χ1) is 10.3. The number of ether oxygens (including phenoxy) is 1. The number of aromatic nitrogens is 1. The Morgan fingerprint density at radius 3 is 2.90 bits per heavy atom. The van der Waals surface area contributed by atoms with Gasteiger partial charge in [0.1, 0.15) is 0 Å². The van der Waals surface area contributed by atoms with E-state index in [-0.39, 0.29) is 6.03 Å². The van der Waals surface area contributed by atoms with Gasteiger partial charge in [-0.2, -0.15) is 0 Å². The fourth-order valence-corrected chi connectivity index (χ4v) is 3.67. The topological polar surface area (TPSA) is 54.5 Å². The summed E-state index contributed by atoms with van der Waals surface area (Å²) in [6.45, 7) is 2.54. The molecule has 0 unspecified atom stereocenters. The highest BCUT2D eigenvalue weighted by Gasteiger charge is 2.27. The van der Waals surface area contributed by atoms with Crippen LogP contribution in [0.15, 0.2) is 18.2 Å². The Hall–Kier alpha value is -1.66. The number of urea groups is 1. The van der Waals surface area contributed by atoms with Crippen molar-refractivity contribution < 1.29 is 9.53 Å². The van der Waals surface area contributed by atoms with Gasteiger partial charge in [0.25, 0.3) is 0 Å². The molecule has 2 aliphatic rings. The molecular formula is C15H17N3O2S. The number of morpholine rings is 1. The maximum atomic E-state index is 12.2. The predicted molar refractivity (Wildman–Crippen MR) is 83.0 cm³/mol. The third-order valence-corrected chi connectivity index (χ3v) is 5.06. The molecule has 2 fully saturated rings. The summed E-state index contributed by atoms with van der Waals surface area (Å²) in [4.78, 5) is 18.6. The van der Waals surface area contributed by atoms with Crippen LogP contribution >= 0.6 is 11.3 Å². The van der Waals surface area contributed by atoms with E-state index in [2.05, 4.69) is 10.3 Å². The monoisotopic (exact) mass is 303 g/mol. The highest BCUT2D eigenvalue weighted by atomic mass is 32.1. The summed E-state index contributed by atoms with van der Waals surface area (Å²) in [6, 6.07) is 5.89.